The van der Waals surface area contributed by atoms with Crippen LogP contribution in [0.1, 0.15) is 39.2 Å². The minimum Gasteiger partial charge on any atom is -0.395 e. The second kappa shape index (κ2) is 6.69. The fourth-order valence-corrected chi connectivity index (χ4v) is 4.18. The maximum Gasteiger partial charge on any atom is 0.179 e. The number of rotatable bonds is 5. The predicted octanol–water partition coefficient (Wildman–Crippen LogP) is 2.21. The second-order valence-corrected chi connectivity index (χ2v) is 9.22. The summed E-state index contributed by atoms with van der Waals surface area (Å²) in [6, 6.07) is 7.35. The molecular weight excluding hydrogens is 298 g/mol. The molecule has 0 aromatic heterocycles. The minimum absolute atomic E-state index is 0.0200. The third-order valence-electron chi connectivity index (χ3n) is 4.44. The molecule has 0 bridgehead atoms. The van der Waals surface area contributed by atoms with E-state index in [0.717, 1.165) is 24.9 Å². The average molecular weight is 325 g/mol. The van der Waals surface area contributed by atoms with E-state index in [4.69, 9.17) is 0 Å². The van der Waals surface area contributed by atoms with Gasteiger partial charge in [0.1, 0.15) is 0 Å². The average Bonchev–Trinajstić information content (AvgIpc) is 2.92. The fraction of sp³-hybridized carbons (Fsp3) is 0.647. The number of likely N-dealkylation sites (tertiary alicyclic amines) is 1. The molecule has 2 rings (SSSR count). The molecule has 1 aromatic carbocycles. The smallest absolute Gasteiger partial charge is 0.179 e. The number of aliphatic hydroxyl groups excluding tert-OH is 1. The van der Waals surface area contributed by atoms with E-state index in [9.17, 15) is 13.5 Å². The number of sulfone groups is 1. The summed E-state index contributed by atoms with van der Waals surface area (Å²) >= 11 is 0. The van der Waals surface area contributed by atoms with Gasteiger partial charge >= 0.3 is 0 Å². The van der Waals surface area contributed by atoms with Crippen molar-refractivity contribution < 1.29 is 13.5 Å². The van der Waals surface area contributed by atoms with Gasteiger partial charge in [-0.05, 0) is 42.5 Å². The third kappa shape index (κ3) is 4.09. The number of aliphatic hydroxyl groups is 1. The van der Waals surface area contributed by atoms with Crippen molar-refractivity contribution in [1.82, 2.24) is 4.90 Å². The van der Waals surface area contributed by atoms with Crippen molar-refractivity contribution in [3.8, 4) is 0 Å². The van der Waals surface area contributed by atoms with Gasteiger partial charge in [0.05, 0.1) is 17.3 Å². The largest absolute Gasteiger partial charge is 0.395 e. The van der Waals surface area contributed by atoms with Crippen molar-refractivity contribution in [2.75, 3.05) is 25.4 Å². The zero-order valence-electron chi connectivity index (χ0n) is 13.7. The molecule has 1 aliphatic heterocycles. The molecule has 4 nitrogen and oxygen atoms in total. The molecule has 1 aliphatic rings. The van der Waals surface area contributed by atoms with Crippen LogP contribution in [0.4, 0.5) is 0 Å². The Morgan fingerprint density at radius 2 is 1.86 bits per heavy atom. The Kier molecular flexibility index (Phi) is 5.30. The molecule has 1 fully saturated rings. The fourth-order valence-electron chi connectivity index (χ4n) is 2.91. The van der Waals surface area contributed by atoms with Gasteiger partial charge in [-0.3, -0.25) is 4.90 Å². The van der Waals surface area contributed by atoms with Crippen LogP contribution in [0.15, 0.2) is 29.2 Å². The second-order valence-electron chi connectivity index (χ2n) is 7.11. The van der Waals surface area contributed by atoms with Crippen LogP contribution in [-0.2, 0) is 15.3 Å². The van der Waals surface area contributed by atoms with Crippen LogP contribution in [0.25, 0.3) is 0 Å². The van der Waals surface area contributed by atoms with E-state index in [2.05, 4.69) is 25.7 Å². The quantitative estimate of drug-likeness (QED) is 0.902. The first-order valence-corrected chi connectivity index (χ1v) is 9.57. The summed E-state index contributed by atoms with van der Waals surface area (Å²) in [5.74, 6) is 0.109. The summed E-state index contributed by atoms with van der Waals surface area (Å²) in [6.07, 6.45) is 1.99. The van der Waals surface area contributed by atoms with Gasteiger partial charge in [-0.2, -0.15) is 0 Å². The third-order valence-corrected chi connectivity index (χ3v) is 6.15. The van der Waals surface area contributed by atoms with Crippen LogP contribution >= 0.6 is 0 Å². The minimum atomic E-state index is -3.26. The molecule has 22 heavy (non-hydrogen) atoms. The summed E-state index contributed by atoms with van der Waals surface area (Å²) in [4.78, 5) is 2.47. The maximum atomic E-state index is 12.5. The normalized spacial score (nSPS) is 20.5. The molecule has 1 unspecified atom stereocenters. The van der Waals surface area contributed by atoms with Crippen molar-refractivity contribution in [3.05, 3.63) is 29.8 Å². The lowest BCUT2D eigenvalue weighted by molar-refractivity contribution is 0.165. The molecule has 1 N–H and O–H groups in total. The van der Waals surface area contributed by atoms with Gasteiger partial charge in [0.2, 0.25) is 0 Å². The SMILES string of the molecule is CC(C)(C)c1ccc(S(=O)(=O)CCN2CCCC2CO)cc1. The Morgan fingerprint density at radius 1 is 1.23 bits per heavy atom. The summed E-state index contributed by atoms with van der Waals surface area (Å²) in [5.41, 5.74) is 1.15. The first-order chi connectivity index (χ1) is 10.2. The Balaban J connectivity index is 2.04. The van der Waals surface area contributed by atoms with Crippen LogP contribution in [0.5, 0.6) is 0 Å². The lowest BCUT2D eigenvalue weighted by Gasteiger charge is -2.22. The van der Waals surface area contributed by atoms with E-state index >= 15 is 0 Å². The highest BCUT2D eigenvalue weighted by atomic mass is 32.2. The Morgan fingerprint density at radius 3 is 2.41 bits per heavy atom. The van der Waals surface area contributed by atoms with Gasteiger partial charge in [0.15, 0.2) is 9.84 Å². The molecule has 0 aliphatic carbocycles. The van der Waals surface area contributed by atoms with Crippen molar-refractivity contribution in [3.63, 3.8) is 0 Å². The van der Waals surface area contributed by atoms with Gasteiger partial charge in [0, 0.05) is 12.6 Å². The highest BCUT2D eigenvalue weighted by molar-refractivity contribution is 7.91. The van der Waals surface area contributed by atoms with Crippen molar-refractivity contribution >= 4 is 9.84 Å². The van der Waals surface area contributed by atoms with Crippen molar-refractivity contribution in [2.45, 2.75) is 50.0 Å². The summed E-state index contributed by atoms with van der Waals surface area (Å²) in [7, 11) is -3.26. The Labute approximate surface area is 134 Å². The van der Waals surface area contributed by atoms with Crippen molar-refractivity contribution in [1.29, 1.82) is 0 Å². The van der Waals surface area contributed by atoms with E-state index in [0.29, 0.717) is 11.4 Å². The molecule has 1 heterocycles. The molecule has 1 aromatic rings. The molecule has 124 valence electrons. The lowest BCUT2D eigenvalue weighted by Crippen LogP contribution is -2.35. The zero-order valence-corrected chi connectivity index (χ0v) is 14.6. The van der Waals surface area contributed by atoms with Crippen LogP contribution in [0.3, 0.4) is 0 Å². The molecule has 0 amide bonds. The standard InChI is InChI=1S/C17H27NO3S/c1-17(2,3)14-6-8-16(9-7-14)22(20,21)12-11-18-10-4-5-15(18)13-19/h6-9,15,19H,4-5,10-13H2,1-3H3. The number of hydrogen-bond acceptors (Lipinski definition) is 4. The molecule has 0 saturated carbocycles. The molecule has 0 radical (unpaired) electrons. The number of hydrogen-bond donors (Lipinski definition) is 1. The van der Waals surface area contributed by atoms with E-state index in [1.807, 2.05) is 12.1 Å². The van der Waals surface area contributed by atoms with Crippen LogP contribution < -0.4 is 0 Å². The molecule has 0 spiro atoms. The van der Waals surface area contributed by atoms with Gasteiger partial charge in [0.25, 0.3) is 0 Å². The monoisotopic (exact) mass is 325 g/mol. The van der Waals surface area contributed by atoms with E-state index in [1.54, 1.807) is 12.1 Å². The van der Waals surface area contributed by atoms with Crippen molar-refractivity contribution in [2.24, 2.45) is 0 Å². The molecular formula is C17H27NO3S. The molecule has 1 saturated heterocycles. The topological polar surface area (TPSA) is 57.6 Å². The van der Waals surface area contributed by atoms with Crippen LogP contribution in [-0.4, -0.2) is 49.9 Å². The van der Waals surface area contributed by atoms with Crippen LogP contribution in [0.2, 0.25) is 0 Å². The van der Waals surface area contributed by atoms with E-state index < -0.39 is 9.84 Å². The summed E-state index contributed by atoms with van der Waals surface area (Å²) in [6.45, 7) is 7.81. The van der Waals surface area contributed by atoms with Gasteiger partial charge in [-0.25, -0.2) is 8.42 Å². The lowest BCUT2D eigenvalue weighted by atomic mass is 9.87. The highest BCUT2D eigenvalue weighted by Crippen LogP contribution is 2.24. The first kappa shape index (κ1) is 17.4. The first-order valence-electron chi connectivity index (χ1n) is 7.92. The Hall–Kier alpha value is -0.910. The maximum absolute atomic E-state index is 12.5. The van der Waals surface area contributed by atoms with E-state index in [-0.39, 0.29) is 23.8 Å². The van der Waals surface area contributed by atoms with Gasteiger partial charge in [-0.1, -0.05) is 32.9 Å². The van der Waals surface area contributed by atoms with Gasteiger partial charge < -0.3 is 5.11 Å². The molecule has 5 heteroatoms. The molecule has 1 atom stereocenters. The highest BCUT2D eigenvalue weighted by Gasteiger charge is 2.25. The summed E-state index contributed by atoms with van der Waals surface area (Å²) < 4.78 is 24.9. The van der Waals surface area contributed by atoms with Crippen LogP contribution in [0, 0.1) is 0 Å². The van der Waals surface area contributed by atoms with E-state index in [1.165, 1.54) is 0 Å². The summed E-state index contributed by atoms with van der Waals surface area (Å²) in [5, 5.41) is 9.30. The van der Waals surface area contributed by atoms with Gasteiger partial charge in [-0.15, -0.1) is 0 Å². The predicted molar refractivity (Wildman–Crippen MR) is 88.9 cm³/mol. The Bertz CT molecular complexity index is 587. The number of nitrogens with zero attached hydrogens (tertiary/aromatic N) is 1. The number of benzene rings is 1. The zero-order chi connectivity index (χ0) is 16.4.